The number of pyridine rings is 1. The standard InChI is InChI=1S/C17H21N3O2/c21-12-5-3-11(4-6-12)16(22)8-14-17-13(2-1-7-19-17)15-9-18-10-20(14)15/h1-2,7,9,11-12,14,18,21H,3-6,8,10H2. The van der Waals surface area contributed by atoms with Crippen molar-refractivity contribution in [2.24, 2.45) is 5.92 Å². The van der Waals surface area contributed by atoms with Crippen LogP contribution in [0.5, 0.6) is 0 Å². The van der Waals surface area contributed by atoms with Gasteiger partial charge in [0.2, 0.25) is 0 Å². The Morgan fingerprint density at radius 2 is 2.18 bits per heavy atom. The second-order valence-corrected chi connectivity index (χ2v) is 6.49. The number of nitrogens with one attached hydrogen (secondary N) is 1. The molecular weight excluding hydrogens is 278 g/mol. The molecule has 2 aliphatic heterocycles. The van der Waals surface area contributed by atoms with Crippen molar-refractivity contribution >= 4 is 11.5 Å². The minimum absolute atomic E-state index is 0.0526. The van der Waals surface area contributed by atoms with Crippen LogP contribution in [0.2, 0.25) is 0 Å². The highest BCUT2D eigenvalue weighted by Crippen LogP contribution is 2.43. The summed E-state index contributed by atoms with van der Waals surface area (Å²) >= 11 is 0. The summed E-state index contributed by atoms with van der Waals surface area (Å²) in [5, 5.41) is 12.8. The van der Waals surface area contributed by atoms with E-state index in [0.717, 1.165) is 49.3 Å². The summed E-state index contributed by atoms with van der Waals surface area (Å²) in [6, 6.07) is 4.08. The van der Waals surface area contributed by atoms with Crippen LogP contribution in [0.25, 0.3) is 5.70 Å². The SMILES string of the molecule is O=C(CC1c2ncccc2C2=CNCN21)C1CCC(O)CC1. The minimum atomic E-state index is -0.213. The zero-order valence-corrected chi connectivity index (χ0v) is 12.5. The maximum atomic E-state index is 12.7. The van der Waals surface area contributed by atoms with Crippen LogP contribution in [0.1, 0.15) is 49.4 Å². The summed E-state index contributed by atoms with van der Waals surface area (Å²) in [5.74, 6) is 0.431. The zero-order valence-electron chi connectivity index (χ0n) is 12.5. The summed E-state index contributed by atoms with van der Waals surface area (Å²) in [6.07, 6.45) is 7.29. The molecule has 0 spiro atoms. The highest BCUT2D eigenvalue weighted by Gasteiger charge is 2.39. The van der Waals surface area contributed by atoms with Crippen molar-refractivity contribution in [3.63, 3.8) is 0 Å². The van der Waals surface area contributed by atoms with Crippen LogP contribution in [-0.2, 0) is 4.79 Å². The molecule has 5 heteroatoms. The van der Waals surface area contributed by atoms with Crippen LogP contribution in [0.3, 0.4) is 0 Å². The zero-order chi connectivity index (χ0) is 15.1. The van der Waals surface area contributed by atoms with Crippen molar-refractivity contribution in [1.82, 2.24) is 15.2 Å². The molecule has 1 aromatic rings. The summed E-state index contributed by atoms with van der Waals surface area (Å²) in [7, 11) is 0. The number of carbonyl (C=O) groups excluding carboxylic acids is 1. The highest BCUT2D eigenvalue weighted by molar-refractivity contribution is 5.83. The van der Waals surface area contributed by atoms with Gasteiger partial charge in [0.1, 0.15) is 5.78 Å². The smallest absolute Gasteiger partial charge is 0.138 e. The van der Waals surface area contributed by atoms with Gasteiger partial charge in [0.25, 0.3) is 0 Å². The first-order valence-corrected chi connectivity index (χ1v) is 8.10. The summed E-state index contributed by atoms with van der Waals surface area (Å²) < 4.78 is 0. The van der Waals surface area contributed by atoms with Gasteiger partial charge in [-0.3, -0.25) is 9.78 Å². The fourth-order valence-corrected chi connectivity index (χ4v) is 3.93. The molecule has 3 aliphatic rings. The lowest BCUT2D eigenvalue weighted by atomic mass is 9.82. The molecule has 0 amide bonds. The van der Waals surface area contributed by atoms with Crippen molar-refractivity contribution in [3.8, 4) is 0 Å². The van der Waals surface area contributed by atoms with E-state index >= 15 is 0 Å². The molecule has 2 N–H and O–H groups in total. The number of aliphatic hydroxyl groups excluding tert-OH is 1. The first-order chi connectivity index (χ1) is 10.7. The third-order valence-corrected chi connectivity index (χ3v) is 5.16. The maximum absolute atomic E-state index is 12.7. The molecule has 5 nitrogen and oxygen atoms in total. The van der Waals surface area contributed by atoms with E-state index in [-0.39, 0.29) is 18.1 Å². The second kappa shape index (κ2) is 5.39. The Hall–Kier alpha value is -1.88. The number of ketones is 1. The lowest BCUT2D eigenvalue weighted by molar-refractivity contribution is -0.125. The molecule has 1 unspecified atom stereocenters. The number of hydrogen-bond acceptors (Lipinski definition) is 5. The first kappa shape index (κ1) is 13.8. The number of carbonyl (C=O) groups is 1. The van der Waals surface area contributed by atoms with Gasteiger partial charge in [-0.15, -0.1) is 0 Å². The molecule has 1 saturated carbocycles. The van der Waals surface area contributed by atoms with Crippen molar-refractivity contribution < 1.29 is 9.90 Å². The third kappa shape index (κ3) is 2.20. The summed E-state index contributed by atoms with van der Waals surface area (Å²) in [5.41, 5.74) is 3.32. The van der Waals surface area contributed by atoms with Crippen molar-refractivity contribution in [3.05, 3.63) is 35.8 Å². The number of fused-ring (bicyclic) bond motifs is 3. The van der Waals surface area contributed by atoms with Gasteiger partial charge in [0.15, 0.2) is 0 Å². The Bertz CT molecular complexity index is 620. The predicted octanol–water partition coefficient (Wildman–Crippen LogP) is 1.81. The summed E-state index contributed by atoms with van der Waals surface area (Å²) in [6.45, 7) is 0.743. The maximum Gasteiger partial charge on any atom is 0.138 e. The first-order valence-electron chi connectivity index (χ1n) is 8.10. The van der Waals surface area contributed by atoms with E-state index < -0.39 is 0 Å². The largest absolute Gasteiger partial charge is 0.393 e. The monoisotopic (exact) mass is 299 g/mol. The van der Waals surface area contributed by atoms with Crippen molar-refractivity contribution in [2.75, 3.05) is 6.67 Å². The van der Waals surface area contributed by atoms with Crippen molar-refractivity contribution in [2.45, 2.75) is 44.2 Å². The normalized spacial score (nSPS) is 29.6. The molecule has 1 atom stereocenters. The van der Waals surface area contributed by atoms with Crippen LogP contribution in [0.4, 0.5) is 0 Å². The average molecular weight is 299 g/mol. The molecule has 0 saturated heterocycles. The molecule has 22 heavy (non-hydrogen) atoms. The fourth-order valence-electron chi connectivity index (χ4n) is 3.93. The quantitative estimate of drug-likeness (QED) is 0.891. The molecule has 0 bridgehead atoms. The Morgan fingerprint density at radius 3 is 3.00 bits per heavy atom. The van der Waals surface area contributed by atoms with E-state index in [1.165, 1.54) is 0 Å². The van der Waals surface area contributed by atoms with E-state index in [2.05, 4.69) is 21.3 Å². The number of hydrogen-bond donors (Lipinski definition) is 2. The number of Topliss-reactive ketones (excluding diaryl/α,β-unsaturated/α-hetero) is 1. The number of aliphatic hydroxyl groups is 1. The van der Waals surface area contributed by atoms with Gasteiger partial charge in [-0.25, -0.2) is 0 Å². The van der Waals surface area contributed by atoms with Crippen molar-refractivity contribution in [1.29, 1.82) is 0 Å². The fraction of sp³-hybridized carbons (Fsp3) is 0.529. The van der Waals surface area contributed by atoms with E-state index in [0.29, 0.717) is 12.2 Å². The van der Waals surface area contributed by atoms with E-state index in [9.17, 15) is 9.90 Å². The predicted molar refractivity (Wildman–Crippen MR) is 82.4 cm³/mol. The van der Waals surface area contributed by atoms with Gasteiger partial charge < -0.3 is 15.3 Å². The molecule has 4 rings (SSSR count). The van der Waals surface area contributed by atoms with Crippen LogP contribution in [0, 0.1) is 5.92 Å². The Kier molecular flexibility index (Phi) is 3.37. The Morgan fingerprint density at radius 1 is 1.36 bits per heavy atom. The van der Waals surface area contributed by atoms with E-state index in [1.54, 1.807) is 0 Å². The molecule has 1 aliphatic carbocycles. The topological polar surface area (TPSA) is 65.5 Å². The van der Waals surface area contributed by atoms with Crippen LogP contribution in [-0.4, -0.2) is 33.5 Å². The lowest BCUT2D eigenvalue weighted by Crippen LogP contribution is -2.30. The van der Waals surface area contributed by atoms with Gasteiger partial charge in [-0.1, -0.05) is 0 Å². The molecule has 3 heterocycles. The van der Waals surface area contributed by atoms with Gasteiger partial charge >= 0.3 is 0 Å². The second-order valence-electron chi connectivity index (χ2n) is 6.49. The van der Waals surface area contributed by atoms with Crippen LogP contribution < -0.4 is 5.32 Å². The highest BCUT2D eigenvalue weighted by atomic mass is 16.3. The molecule has 1 fully saturated rings. The van der Waals surface area contributed by atoms with Gasteiger partial charge in [0, 0.05) is 30.3 Å². The number of nitrogens with zero attached hydrogens (tertiary/aromatic N) is 2. The van der Waals surface area contributed by atoms with Gasteiger partial charge in [-0.05, 0) is 37.8 Å². The summed E-state index contributed by atoms with van der Waals surface area (Å²) in [4.78, 5) is 19.5. The average Bonchev–Trinajstić information content (AvgIpc) is 3.11. The molecule has 116 valence electrons. The van der Waals surface area contributed by atoms with Gasteiger partial charge in [-0.2, -0.15) is 0 Å². The third-order valence-electron chi connectivity index (χ3n) is 5.16. The van der Waals surface area contributed by atoms with Gasteiger partial charge in [0.05, 0.1) is 30.2 Å². The lowest BCUT2D eigenvalue weighted by Gasteiger charge is -2.27. The van der Waals surface area contributed by atoms with E-state index in [4.69, 9.17) is 0 Å². The Balaban J connectivity index is 1.53. The van der Waals surface area contributed by atoms with Crippen LogP contribution in [0.15, 0.2) is 24.5 Å². The number of rotatable bonds is 3. The molecule has 1 aromatic heterocycles. The Labute approximate surface area is 130 Å². The molecular formula is C17H21N3O2. The molecule has 0 aromatic carbocycles. The van der Waals surface area contributed by atoms with Crippen LogP contribution >= 0.6 is 0 Å². The number of aromatic nitrogens is 1. The minimum Gasteiger partial charge on any atom is -0.393 e. The van der Waals surface area contributed by atoms with E-state index in [1.807, 2.05) is 18.5 Å². The molecule has 0 radical (unpaired) electrons.